The number of aryl methyl sites for hydroxylation is 1. The molecule has 37 heavy (non-hydrogen) atoms. The molecule has 1 saturated heterocycles. The first-order valence-electron chi connectivity index (χ1n) is 13.2. The Morgan fingerprint density at radius 3 is 2.11 bits per heavy atom. The Morgan fingerprint density at radius 1 is 1.00 bits per heavy atom. The number of aromatic nitrogens is 2. The van der Waals surface area contributed by atoms with Crippen molar-refractivity contribution in [2.24, 2.45) is 0 Å². The summed E-state index contributed by atoms with van der Waals surface area (Å²) in [6.45, 7) is 24.3. The molecule has 2 heterocycles. The van der Waals surface area contributed by atoms with E-state index in [2.05, 4.69) is 84.8 Å². The number of nitrogens with one attached hydrogen (secondary N) is 1. The molecule has 3 rings (SSSR count). The van der Waals surface area contributed by atoms with Crippen molar-refractivity contribution in [2.45, 2.75) is 109 Å². The number of benzene rings is 1. The highest BCUT2D eigenvalue weighted by atomic mass is 28.4. The molecule has 1 aromatic heterocycles. The van der Waals surface area contributed by atoms with Gasteiger partial charge >= 0.3 is 5.69 Å². The third kappa shape index (κ3) is 5.96. The zero-order valence-corrected chi connectivity index (χ0v) is 26.5. The molecule has 3 atom stereocenters. The highest BCUT2D eigenvalue weighted by Crippen LogP contribution is 2.50. The predicted molar refractivity (Wildman–Crippen MR) is 154 cm³/mol. The second kappa shape index (κ2) is 10.1. The number of aromatic amines is 1. The maximum atomic E-state index is 12.9. The fourth-order valence-electron chi connectivity index (χ4n) is 4.08. The van der Waals surface area contributed by atoms with E-state index < -0.39 is 34.2 Å². The Kier molecular flexibility index (Phi) is 8.10. The average Bonchev–Trinajstić information content (AvgIpc) is 3.12. The largest absolute Gasteiger partial charge is 0.413 e. The van der Waals surface area contributed by atoms with Gasteiger partial charge in [0, 0.05) is 18.2 Å². The van der Waals surface area contributed by atoms with Gasteiger partial charge in [-0.25, -0.2) is 4.79 Å². The topological polar surface area (TPSA) is 82.6 Å². The molecule has 206 valence electrons. The van der Waals surface area contributed by atoms with Gasteiger partial charge in [0.15, 0.2) is 16.6 Å². The third-order valence-corrected chi connectivity index (χ3v) is 17.7. The van der Waals surface area contributed by atoms with E-state index in [-0.39, 0.29) is 21.7 Å². The van der Waals surface area contributed by atoms with Crippen LogP contribution in [0.2, 0.25) is 36.3 Å². The van der Waals surface area contributed by atoms with Crippen molar-refractivity contribution in [1.82, 2.24) is 9.55 Å². The lowest BCUT2D eigenvalue weighted by Gasteiger charge is -2.45. The van der Waals surface area contributed by atoms with Crippen LogP contribution in [0.4, 0.5) is 0 Å². The second-order valence-electron chi connectivity index (χ2n) is 13.5. The van der Waals surface area contributed by atoms with Crippen molar-refractivity contribution < 1.29 is 13.6 Å². The van der Waals surface area contributed by atoms with Crippen LogP contribution in [0.15, 0.2) is 46.1 Å². The molecule has 1 N–H and O–H groups in total. The molecule has 0 bridgehead atoms. The van der Waals surface area contributed by atoms with Crippen molar-refractivity contribution in [3.63, 3.8) is 0 Å². The van der Waals surface area contributed by atoms with Crippen LogP contribution in [0.1, 0.15) is 65.3 Å². The maximum Gasteiger partial charge on any atom is 0.330 e. The molecule has 7 nitrogen and oxygen atoms in total. The minimum absolute atomic E-state index is 0.0147. The number of ether oxygens (including phenoxy) is 1. The molecule has 0 radical (unpaired) electrons. The smallest absolute Gasteiger partial charge is 0.330 e. The number of rotatable bonds is 7. The molecular weight excluding hydrogens is 500 g/mol. The average molecular weight is 547 g/mol. The van der Waals surface area contributed by atoms with Crippen LogP contribution in [0.25, 0.3) is 0 Å². The van der Waals surface area contributed by atoms with E-state index in [1.165, 1.54) is 4.57 Å². The SMILES string of the molecule is Cc1cn([C@H]2C[C@H](O[Si](C)(C)C(C)(C)C)[C@](CO[Si](C)(C)C(C)(C)C)(c3ccccc3)O2)c(=O)[nH]c1=O. The minimum Gasteiger partial charge on any atom is -0.413 e. The van der Waals surface area contributed by atoms with Crippen molar-refractivity contribution in [3.05, 3.63) is 68.5 Å². The van der Waals surface area contributed by atoms with Crippen LogP contribution in [0.5, 0.6) is 0 Å². The molecule has 2 aromatic rings. The lowest BCUT2D eigenvalue weighted by molar-refractivity contribution is -0.129. The van der Waals surface area contributed by atoms with Crippen LogP contribution >= 0.6 is 0 Å². The van der Waals surface area contributed by atoms with Crippen LogP contribution in [-0.4, -0.2) is 38.9 Å². The second-order valence-corrected chi connectivity index (χ2v) is 23.0. The summed E-state index contributed by atoms with van der Waals surface area (Å²) in [5.41, 5.74) is -0.362. The van der Waals surface area contributed by atoms with Crippen LogP contribution < -0.4 is 11.2 Å². The van der Waals surface area contributed by atoms with Gasteiger partial charge in [0.1, 0.15) is 11.8 Å². The summed E-state index contributed by atoms with van der Waals surface area (Å²) in [5, 5.41) is 0.00481. The lowest BCUT2D eigenvalue weighted by Crippen LogP contribution is -2.53. The van der Waals surface area contributed by atoms with Crippen LogP contribution in [-0.2, 0) is 19.2 Å². The van der Waals surface area contributed by atoms with Crippen LogP contribution in [0, 0.1) is 6.92 Å². The Hall–Kier alpha value is -1.79. The molecule has 1 aliphatic rings. The number of nitrogens with zero attached hydrogens (tertiary/aromatic N) is 1. The minimum atomic E-state index is -2.24. The molecule has 9 heteroatoms. The van der Waals surface area contributed by atoms with Gasteiger partial charge in [-0.1, -0.05) is 71.9 Å². The third-order valence-electron chi connectivity index (χ3n) is 8.70. The van der Waals surface area contributed by atoms with Gasteiger partial charge in [-0.15, -0.1) is 0 Å². The molecule has 0 amide bonds. The van der Waals surface area contributed by atoms with Gasteiger partial charge in [-0.2, -0.15) is 0 Å². The maximum absolute atomic E-state index is 12.9. The number of hydrogen-bond donors (Lipinski definition) is 1. The van der Waals surface area contributed by atoms with E-state index in [1.807, 2.05) is 18.2 Å². The Balaban J connectivity index is 2.17. The van der Waals surface area contributed by atoms with Gasteiger partial charge in [-0.05, 0) is 48.8 Å². The first-order valence-corrected chi connectivity index (χ1v) is 19.0. The predicted octanol–water partition coefficient (Wildman–Crippen LogP) is 6.07. The summed E-state index contributed by atoms with van der Waals surface area (Å²) in [7, 11) is -4.38. The molecule has 1 aromatic carbocycles. The summed E-state index contributed by atoms with van der Waals surface area (Å²) >= 11 is 0. The standard InChI is InChI=1S/C28H46N2O5Si2/c1-20-18-30(25(32)29-24(20)31)23-17-22(35-37(10,11)27(5,6)7)28(34-23,21-15-13-12-14-16-21)19-33-36(8,9)26(2,3)4/h12-16,18,22-23H,17,19H2,1-11H3,(H,29,31,32)/t22-,23+,28-/m0/s1. The molecule has 1 fully saturated rings. The highest BCUT2D eigenvalue weighted by Gasteiger charge is 2.56. The summed E-state index contributed by atoms with van der Waals surface area (Å²) in [6.07, 6.45) is 1.10. The molecule has 0 unspecified atom stereocenters. The Bertz CT molecular complexity index is 1210. The quantitative estimate of drug-likeness (QED) is 0.426. The van der Waals surface area contributed by atoms with Crippen LogP contribution in [0.3, 0.4) is 0 Å². The van der Waals surface area contributed by atoms with Gasteiger partial charge in [0.25, 0.3) is 5.56 Å². The van der Waals surface area contributed by atoms with Crippen molar-refractivity contribution in [1.29, 1.82) is 0 Å². The summed E-state index contributed by atoms with van der Waals surface area (Å²) in [5.74, 6) is 0. The van der Waals surface area contributed by atoms with Gasteiger partial charge < -0.3 is 13.6 Å². The first-order chi connectivity index (χ1) is 16.8. The zero-order chi connectivity index (χ0) is 28.0. The Morgan fingerprint density at radius 2 is 1.57 bits per heavy atom. The monoisotopic (exact) mass is 546 g/mol. The fourth-order valence-corrected chi connectivity index (χ4v) is 6.43. The van der Waals surface area contributed by atoms with E-state index in [4.69, 9.17) is 13.6 Å². The van der Waals surface area contributed by atoms with Gasteiger partial charge in [0.2, 0.25) is 0 Å². The molecular formula is C28H46N2O5Si2. The summed E-state index contributed by atoms with van der Waals surface area (Å²) < 4.78 is 22.3. The molecule has 0 aliphatic carbocycles. The zero-order valence-electron chi connectivity index (χ0n) is 24.5. The molecule has 0 saturated carbocycles. The van der Waals surface area contributed by atoms with E-state index in [0.717, 1.165) is 5.56 Å². The molecule has 0 spiro atoms. The highest BCUT2D eigenvalue weighted by molar-refractivity contribution is 6.74. The lowest BCUT2D eigenvalue weighted by atomic mass is 9.89. The molecule has 1 aliphatic heterocycles. The van der Waals surface area contributed by atoms with Crippen molar-refractivity contribution in [2.75, 3.05) is 6.61 Å². The van der Waals surface area contributed by atoms with E-state index in [0.29, 0.717) is 18.6 Å². The normalized spacial score (nSPS) is 23.4. The van der Waals surface area contributed by atoms with Gasteiger partial charge in [0.05, 0.1) is 12.7 Å². The first kappa shape index (κ1) is 29.8. The summed E-state index contributed by atoms with van der Waals surface area (Å²) in [6, 6.07) is 10.1. The fraction of sp³-hybridized carbons (Fsp3) is 0.643. The van der Waals surface area contributed by atoms with Gasteiger partial charge in [-0.3, -0.25) is 14.3 Å². The van der Waals surface area contributed by atoms with E-state index >= 15 is 0 Å². The Labute approximate surface area is 223 Å². The van der Waals surface area contributed by atoms with Crippen molar-refractivity contribution in [3.8, 4) is 0 Å². The van der Waals surface area contributed by atoms with Crippen molar-refractivity contribution >= 4 is 16.6 Å². The summed E-state index contributed by atoms with van der Waals surface area (Å²) in [4.78, 5) is 27.4. The number of hydrogen-bond acceptors (Lipinski definition) is 5. The number of H-pyrrole nitrogens is 1. The van der Waals surface area contributed by atoms with E-state index in [9.17, 15) is 9.59 Å². The van der Waals surface area contributed by atoms with E-state index in [1.54, 1.807) is 13.1 Å².